The molecule has 0 aliphatic heterocycles. The number of nitrogens with zero attached hydrogens (tertiary/aromatic N) is 2. The molecule has 9 heavy (non-hydrogen) atoms. The number of hydrogen-bond acceptors (Lipinski definition) is 0. The molecule has 0 unspecified atom stereocenters. The van der Waals surface area contributed by atoms with Gasteiger partial charge in [0.1, 0.15) is 0 Å². The van der Waals surface area contributed by atoms with Crippen molar-refractivity contribution in [2.24, 2.45) is 0 Å². The zero-order chi connectivity index (χ0) is 6.95. The number of unbranched alkanes of at least 4 members (excludes halogenated alkanes) is 2. The van der Waals surface area contributed by atoms with Gasteiger partial charge in [-0.15, -0.1) is 0 Å². The normalized spacial score (nSPS) is 7.78. The van der Waals surface area contributed by atoms with Crippen molar-refractivity contribution < 1.29 is 0 Å². The van der Waals surface area contributed by atoms with Crippen molar-refractivity contribution in [1.82, 2.24) is 0 Å². The van der Waals surface area contributed by atoms with Gasteiger partial charge in [0.25, 0.3) is 0 Å². The first kappa shape index (κ1) is 7.98. The molecule has 0 radical (unpaired) electrons. The van der Waals surface area contributed by atoms with Crippen molar-refractivity contribution >= 4 is 0 Å². The fraction of sp³-hybridized carbons (Fsp3) is 0.714. The molecule has 0 aliphatic carbocycles. The first-order valence-electron chi connectivity index (χ1n) is 3.08. The Balaban J connectivity index is 2.79. The van der Waals surface area contributed by atoms with Gasteiger partial charge < -0.3 is 9.69 Å². The van der Waals surface area contributed by atoms with E-state index in [4.69, 9.17) is 13.1 Å². The van der Waals surface area contributed by atoms with E-state index < -0.39 is 0 Å². The lowest BCUT2D eigenvalue weighted by Crippen LogP contribution is -1.81. The Hall–Kier alpha value is -1.02. The van der Waals surface area contributed by atoms with Gasteiger partial charge in [-0.1, -0.05) is 0 Å². The monoisotopic (exact) mass is 122 g/mol. The Labute approximate surface area is 56.1 Å². The van der Waals surface area contributed by atoms with E-state index in [9.17, 15) is 0 Å². The van der Waals surface area contributed by atoms with Gasteiger partial charge >= 0.3 is 0 Å². The van der Waals surface area contributed by atoms with Crippen LogP contribution in [0.25, 0.3) is 9.69 Å². The maximum atomic E-state index is 6.45. The van der Waals surface area contributed by atoms with Gasteiger partial charge in [-0.2, -0.15) is 0 Å². The summed E-state index contributed by atoms with van der Waals surface area (Å²) in [6.07, 6.45) is 2.95. The van der Waals surface area contributed by atoms with E-state index in [-0.39, 0.29) is 0 Å². The van der Waals surface area contributed by atoms with Crippen LogP contribution in [-0.2, 0) is 0 Å². The highest BCUT2D eigenvalue weighted by Gasteiger charge is 1.90. The topological polar surface area (TPSA) is 8.72 Å². The van der Waals surface area contributed by atoms with Gasteiger partial charge in [0.2, 0.25) is 13.1 Å². The van der Waals surface area contributed by atoms with E-state index in [1.54, 1.807) is 0 Å². The highest BCUT2D eigenvalue weighted by atomic mass is 14.6. The molecule has 0 aromatic rings. The SMILES string of the molecule is [C-]#[N+]CCCCC[N+]#[C-]. The van der Waals surface area contributed by atoms with Crippen LogP contribution in [0.15, 0.2) is 0 Å². The maximum Gasteiger partial charge on any atom is 0.214 e. The Morgan fingerprint density at radius 3 is 1.56 bits per heavy atom. The van der Waals surface area contributed by atoms with Crippen molar-refractivity contribution in [1.29, 1.82) is 0 Å². The fourth-order valence-corrected chi connectivity index (χ4v) is 0.558. The lowest BCUT2D eigenvalue weighted by Gasteiger charge is -1.85. The van der Waals surface area contributed by atoms with Crippen LogP contribution in [0.4, 0.5) is 0 Å². The fourth-order valence-electron chi connectivity index (χ4n) is 0.558. The Morgan fingerprint density at radius 2 is 1.22 bits per heavy atom. The second-order valence-electron chi connectivity index (χ2n) is 1.82. The molecule has 0 N–H and O–H groups in total. The molecule has 0 saturated heterocycles. The van der Waals surface area contributed by atoms with E-state index in [1.807, 2.05) is 0 Å². The van der Waals surface area contributed by atoms with Crippen LogP contribution in [0.3, 0.4) is 0 Å². The Morgan fingerprint density at radius 1 is 0.778 bits per heavy atom. The molecule has 2 heteroatoms. The first-order chi connectivity index (χ1) is 4.41. The molecule has 0 saturated carbocycles. The van der Waals surface area contributed by atoms with Crippen molar-refractivity contribution in [2.75, 3.05) is 13.1 Å². The van der Waals surface area contributed by atoms with E-state index in [0.29, 0.717) is 13.1 Å². The Bertz CT molecular complexity index is 111. The Kier molecular flexibility index (Phi) is 6.19. The predicted molar refractivity (Wildman–Crippen MR) is 36.8 cm³/mol. The summed E-state index contributed by atoms with van der Waals surface area (Å²) in [7, 11) is 0. The third-order valence-electron chi connectivity index (χ3n) is 1.04. The largest absolute Gasteiger partial charge is 0.317 e. The summed E-state index contributed by atoms with van der Waals surface area (Å²) in [5.74, 6) is 0. The van der Waals surface area contributed by atoms with E-state index in [2.05, 4.69) is 9.69 Å². The van der Waals surface area contributed by atoms with Crippen LogP contribution in [0, 0.1) is 13.1 Å². The summed E-state index contributed by atoms with van der Waals surface area (Å²) in [5.41, 5.74) is 0. The highest BCUT2D eigenvalue weighted by Crippen LogP contribution is 1.94. The van der Waals surface area contributed by atoms with Crippen LogP contribution in [-0.4, -0.2) is 13.1 Å². The zero-order valence-corrected chi connectivity index (χ0v) is 5.43. The molecule has 0 bridgehead atoms. The second kappa shape index (κ2) is 6.98. The minimum absolute atomic E-state index is 0.623. The van der Waals surface area contributed by atoms with E-state index in [1.165, 1.54) is 0 Å². The molecule has 0 fully saturated rings. The molecule has 0 spiro atoms. The minimum atomic E-state index is 0.623. The van der Waals surface area contributed by atoms with Gasteiger partial charge in [0.05, 0.1) is 0 Å². The molecule has 0 rings (SSSR count). The highest BCUT2D eigenvalue weighted by molar-refractivity contribution is 4.62. The number of hydrogen-bond donors (Lipinski definition) is 0. The summed E-state index contributed by atoms with van der Waals surface area (Å²) >= 11 is 0. The smallest absolute Gasteiger partial charge is 0.214 e. The van der Waals surface area contributed by atoms with Gasteiger partial charge in [-0.25, -0.2) is 13.1 Å². The summed E-state index contributed by atoms with van der Waals surface area (Å²) < 4.78 is 0. The van der Waals surface area contributed by atoms with Crippen molar-refractivity contribution in [3.05, 3.63) is 22.8 Å². The van der Waals surface area contributed by atoms with Crippen molar-refractivity contribution in [2.45, 2.75) is 19.3 Å². The van der Waals surface area contributed by atoms with Gasteiger partial charge in [-0.3, -0.25) is 0 Å². The molecule has 0 amide bonds. The van der Waals surface area contributed by atoms with Crippen LogP contribution >= 0.6 is 0 Å². The van der Waals surface area contributed by atoms with E-state index >= 15 is 0 Å². The van der Waals surface area contributed by atoms with Gasteiger partial charge in [-0.05, 0) is 6.42 Å². The minimum Gasteiger partial charge on any atom is -0.317 e. The maximum absolute atomic E-state index is 6.45. The van der Waals surface area contributed by atoms with Gasteiger partial charge in [0, 0.05) is 12.8 Å². The van der Waals surface area contributed by atoms with E-state index in [0.717, 1.165) is 19.3 Å². The van der Waals surface area contributed by atoms with Crippen molar-refractivity contribution in [3.63, 3.8) is 0 Å². The molecule has 0 aromatic heterocycles. The lowest BCUT2D eigenvalue weighted by atomic mass is 10.2. The first-order valence-corrected chi connectivity index (χ1v) is 3.08. The summed E-state index contributed by atoms with van der Waals surface area (Å²) in [6, 6.07) is 0. The molecular formula is C7H10N2. The predicted octanol–water partition coefficient (Wildman–Crippen LogP) is 2.00. The standard InChI is InChI=1S/C7H10N2/c1-8-6-4-3-5-7-9-2/h3-7H2. The lowest BCUT2D eigenvalue weighted by molar-refractivity contribution is 0.745. The van der Waals surface area contributed by atoms with Crippen LogP contribution in [0.1, 0.15) is 19.3 Å². The third kappa shape index (κ3) is 6.98. The number of rotatable bonds is 4. The molecule has 0 aromatic carbocycles. The van der Waals surface area contributed by atoms with Gasteiger partial charge in [0.15, 0.2) is 0 Å². The van der Waals surface area contributed by atoms with Crippen LogP contribution in [0.5, 0.6) is 0 Å². The van der Waals surface area contributed by atoms with Crippen LogP contribution in [0.2, 0.25) is 0 Å². The molecular weight excluding hydrogens is 112 g/mol. The summed E-state index contributed by atoms with van der Waals surface area (Å²) in [4.78, 5) is 6.41. The molecule has 0 heterocycles. The quantitative estimate of drug-likeness (QED) is 0.398. The average molecular weight is 122 g/mol. The molecule has 0 aliphatic rings. The molecule has 48 valence electrons. The zero-order valence-electron chi connectivity index (χ0n) is 5.43. The molecule has 0 atom stereocenters. The van der Waals surface area contributed by atoms with Crippen LogP contribution < -0.4 is 0 Å². The molecule has 2 nitrogen and oxygen atoms in total. The summed E-state index contributed by atoms with van der Waals surface area (Å²) in [6.45, 7) is 14.1. The second-order valence-corrected chi connectivity index (χ2v) is 1.82. The third-order valence-corrected chi connectivity index (χ3v) is 1.04. The average Bonchev–Trinajstić information content (AvgIpc) is 1.89. The van der Waals surface area contributed by atoms with Crippen molar-refractivity contribution in [3.8, 4) is 0 Å². The summed E-state index contributed by atoms with van der Waals surface area (Å²) in [5, 5.41) is 0.